The molecule has 0 amide bonds. The zero-order valence-corrected chi connectivity index (χ0v) is 8.21. The Labute approximate surface area is 82.0 Å². The van der Waals surface area contributed by atoms with Crippen LogP contribution in [0.5, 0.6) is 0 Å². The highest BCUT2D eigenvalue weighted by atomic mass is 35.5. The summed E-state index contributed by atoms with van der Waals surface area (Å²) in [7, 11) is 0. The van der Waals surface area contributed by atoms with Crippen LogP contribution < -0.4 is 5.73 Å². The fraction of sp³-hybridized carbons (Fsp3) is 0. The molecule has 0 saturated heterocycles. The first-order valence-electron chi connectivity index (χ1n) is 3.10. The quantitative estimate of drug-likeness (QED) is 0.799. The Hall–Kier alpha value is -0.650. The monoisotopic (exact) mass is 217 g/mol. The van der Waals surface area contributed by atoms with E-state index in [-0.39, 0.29) is 0 Å². The van der Waals surface area contributed by atoms with E-state index in [1.807, 2.05) is 11.4 Å². The number of nitrogen functional groups attached to an aromatic ring is 1. The van der Waals surface area contributed by atoms with Crippen molar-refractivity contribution in [3.8, 4) is 9.88 Å². The maximum Gasteiger partial charge on any atom is 0.232 e. The second kappa shape index (κ2) is 3.01. The van der Waals surface area contributed by atoms with Gasteiger partial charge in [-0.2, -0.15) is 9.36 Å². The van der Waals surface area contributed by atoms with Crippen LogP contribution in [0.15, 0.2) is 11.4 Å². The van der Waals surface area contributed by atoms with Crippen LogP contribution in [-0.2, 0) is 0 Å². The molecule has 0 aliphatic heterocycles. The first-order chi connectivity index (χ1) is 5.77. The lowest BCUT2D eigenvalue weighted by Gasteiger charge is -1.87. The molecule has 0 unspecified atom stereocenters. The number of halogens is 1. The van der Waals surface area contributed by atoms with Crippen molar-refractivity contribution in [3.05, 3.63) is 16.5 Å². The molecule has 0 aliphatic rings. The van der Waals surface area contributed by atoms with Crippen LogP contribution in [0, 0.1) is 0 Å². The summed E-state index contributed by atoms with van der Waals surface area (Å²) in [6.45, 7) is 0. The van der Waals surface area contributed by atoms with E-state index in [0.29, 0.717) is 11.0 Å². The number of nitrogens with two attached hydrogens (primary N) is 1. The molecule has 3 nitrogen and oxygen atoms in total. The Morgan fingerprint density at radius 2 is 2.33 bits per heavy atom. The summed E-state index contributed by atoms with van der Waals surface area (Å²) in [5.74, 6) is 0.305. The largest absolute Gasteiger partial charge is 0.367 e. The molecule has 2 heterocycles. The van der Waals surface area contributed by atoms with Gasteiger partial charge in [-0.1, -0.05) is 11.6 Å². The second-order valence-electron chi connectivity index (χ2n) is 2.06. The molecule has 2 aromatic rings. The van der Waals surface area contributed by atoms with E-state index in [0.717, 1.165) is 9.88 Å². The summed E-state index contributed by atoms with van der Waals surface area (Å²) in [4.78, 5) is 4.96. The molecule has 2 rings (SSSR count). The van der Waals surface area contributed by atoms with E-state index in [4.69, 9.17) is 17.3 Å². The number of anilines is 1. The summed E-state index contributed by atoms with van der Waals surface area (Å²) >= 11 is 8.69. The van der Waals surface area contributed by atoms with Gasteiger partial charge in [0.25, 0.3) is 0 Å². The van der Waals surface area contributed by atoms with Gasteiger partial charge in [-0.15, -0.1) is 11.3 Å². The van der Waals surface area contributed by atoms with Crippen molar-refractivity contribution in [3.63, 3.8) is 0 Å². The minimum atomic E-state index is 0.305. The van der Waals surface area contributed by atoms with Crippen LogP contribution in [0.25, 0.3) is 9.88 Å². The predicted octanol–water partition coefficient (Wildman–Crippen LogP) is 2.50. The molecule has 0 saturated carbocycles. The zero-order valence-electron chi connectivity index (χ0n) is 5.82. The third-order valence-electron chi connectivity index (χ3n) is 1.25. The van der Waals surface area contributed by atoms with Gasteiger partial charge >= 0.3 is 0 Å². The molecule has 0 aromatic carbocycles. The molecule has 0 radical (unpaired) electrons. The van der Waals surface area contributed by atoms with Gasteiger partial charge in [0.15, 0.2) is 5.01 Å². The maximum atomic E-state index is 5.89. The molecule has 0 fully saturated rings. The van der Waals surface area contributed by atoms with Crippen molar-refractivity contribution in [2.75, 3.05) is 5.73 Å². The lowest BCUT2D eigenvalue weighted by Crippen LogP contribution is -1.84. The smallest absolute Gasteiger partial charge is 0.232 e. The molecule has 62 valence electrons. The lowest BCUT2D eigenvalue weighted by atomic mass is 10.5. The Balaban J connectivity index is 2.50. The second-order valence-corrected chi connectivity index (χ2v) is 4.13. The van der Waals surface area contributed by atoms with Crippen molar-refractivity contribution >= 4 is 40.4 Å². The fourth-order valence-electron chi connectivity index (χ4n) is 0.773. The first kappa shape index (κ1) is 7.97. The Kier molecular flexibility index (Phi) is 2.00. The summed E-state index contributed by atoms with van der Waals surface area (Å²) in [6.07, 6.45) is 0. The van der Waals surface area contributed by atoms with Crippen molar-refractivity contribution in [1.82, 2.24) is 9.36 Å². The first-order valence-corrected chi connectivity index (χ1v) is 5.13. The van der Waals surface area contributed by atoms with Gasteiger partial charge in [0.2, 0.25) is 5.95 Å². The van der Waals surface area contributed by atoms with Crippen molar-refractivity contribution in [2.24, 2.45) is 0 Å². The van der Waals surface area contributed by atoms with Crippen molar-refractivity contribution in [1.29, 1.82) is 0 Å². The summed E-state index contributed by atoms with van der Waals surface area (Å²) in [5.41, 5.74) is 5.38. The topological polar surface area (TPSA) is 51.8 Å². The number of rotatable bonds is 1. The van der Waals surface area contributed by atoms with Crippen LogP contribution in [0.4, 0.5) is 5.95 Å². The van der Waals surface area contributed by atoms with Gasteiger partial charge in [0.1, 0.15) is 0 Å². The van der Waals surface area contributed by atoms with Crippen LogP contribution in [-0.4, -0.2) is 9.36 Å². The minimum absolute atomic E-state index is 0.305. The third kappa shape index (κ3) is 1.31. The van der Waals surface area contributed by atoms with Gasteiger partial charge in [0.05, 0.1) is 9.90 Å². The molecule has 6 heteroatoms. The van der Waals surface area contributed by atoms with Gasteiger partial charge < -0.3 is 5.73 Å². The van der Waals surface area contributed by atoms with Crippen LogP contribution in [0.1, 0.15) is 0 Å². The lowest BCUT2D eigenvalue weighted by molar-refractivity contribution is 1.35. The summed E-state index contributed by atoms with van der Waals surface area (Å²) < 4.78 is 3.87. The molecular formula is C6H4ClN3S2. The average Bonchev–Trinajstić information content (AvgIpc) is 2.58. The summed E-state index contributed by atoms with van der Waals surface area (Å²) in [5, 5.41) is 3.40. The number of thiophene rings is 1. The molecular weight excluding hydrogens is 214 g/mol. The molecule has 0 atom stereocenters. The zero-order chi connectivity index (χ0) is 8.55. The Bertz CT molecular complexity index is 395. The van der Waals surface area contributed by atoms with Crippen LogP contribution >= 0.6 is 34.5 Å². The minimum Gasteiger partial charge on any atom is -0.367 e. The van der Waals surface area contributed by atoms with E-state index in [2.05, 4.69) is 9.36 Å². The van der Waals surface area contributed by atoms with E-state index in [1.54, 1.807) is 0 Å². The molecule has 0 bridgehead atoms. The number of aromatic nitrogens is 2. The van der Waals surface area contributed by atoms with Crippen LogP contribution in [0.2, 0.25) is 5.02 Å². The third-order valence-corrected chi connectivity index (χ3v) is 3.48. The van der Waals surface area contributed by atoms with Gasteiger partial charge in [0, 0.05) is 0 Å². The number of nitrogens with zero attached hydrogens (tertiary/aromatic N) is 2. The molecule has 0 aliphatic carbocycles. The molecule has 2 aromatic heterocycles. The Morgan fingerprint density at radius 3 is 2.83 bits per heavy atom. The van der Waals surface area contributed by atoms with E-state index < -0.39 is 0 Å². The highest BCUT2D eigenvalue weighted by molar-refractivity contribution is 7.19. The normalized spacial score (nSPS) is 10.4. The average molecular weight is 218 g/mol. The molecule has 12 heavy (non-hydrogen) atoms. The molecule has 2 N–H and O–H groups in total. The SMILES string of the molecule is Nc1nsc(-c2sccc2Cl)n1. The molecule has 0 spiro atoms. The van der Waals surface area contributed by atoms with Crippen molar-refractivity contribution < 1.29 is 0 Å². The highest BCUT2D eigenvalue weighted by Gasteiger charge is 2.09. The Morgan fingerprint density at radius 1 is 1.50 bits per heavy atom. The van der Waals surface area contributed by atoms with Gasteiger partial charge in [-0.3, -0.25) is 0 Å². The van der Waals surface area contributed by atoms with Crippen molar-refractivity contribution in [2.45, 2.75) is 0 Å². The van der Waals surface area contributed by atoms with E-state index >= 15 is 0 Å². The highest BCUT2D eigenvalue weighted by Crippen LogP contribution is 2.34. The van der Waals surface area contributed by atoms with Gasteiger partial charge in [-0.25, -0.2) is 0 Å². The maximum absolute atomic E-state index is 5.89. The van der Waals surface area contributed by atoms with E-state index in [9.17, 15) is 0 Å². The standard InChI is InChI=1S/C6H4ClN3S2/c7-3-1-2-11-4(3)5-9-6(8)10-12-5/h1-2H,(H2,8,10). The van der Waals surface area contributed by atoms with Crippen LogP contribution in [0.3, 0.4) is 0 Å². The van der Waals surface area contributed by atoms with E-state index in [1.165, 1.54) is 22.9 Å². The number of hydrogen-bond acceptors (Lipinski definition) is 5. The predicted molar refractivity (Wildman–Crippen MR) is 52.6 cm³/mol. The fourth-order valence-corrected chi connectivity index (χ4v) is 2.66. The summed E-state index contributed by atoms with van der Waals surface area (Å²) in [6, 6.07) is 1.83. The van der Waals surface area contributed by atoms with Gasteiger partial charge in [-0.05, 0) is 23.0 Å². The number of hydrogen-bond donors (Lipinski definition) is 1.